The Kier molecular flexibility index (Phi) is 3.13. The zero-order valence-electron chi connectivity index (χ0n) is 10.5. The minimum Gasteiger partial charge on any atom is -0.367 e. The van der Waals surface area contributed by atoms with E-state index in [1.165, 1.54) is 22.3 Å². The Bertz CT molecular complexity index is 505. The number of benzene rings is 2. The highest BCUT2D eigenvalue weighted by Gasteiger charge is 2.28. The van der Waals surface area contributed by atoms with E-state index in [0.29, 0.717) is 0 Å². The van der Waals surface area contributed by atoms with E-state index in [1.54, 1.807) is 0 Å². The molecule has 0 aliphatic heterocycles. The maximum atomic E-state index is 6.03. The van der Waals surface area contributed by atoms with Gasteiger partial charge in [-0.2, -0.15) is 0 Å². The number of fused-ring (bicyclic) bond motifs is 3. The first-order valence-electron chi connectivity index (χ1n) is 6.36. The average molecular weight is 239 g/mol. The van der Waals surface area contributed by atoms with Crippen LogP contribution in [0.1, 0.15) is 17.2 Å². The van der Waals surface area contributed by atoms with Crippen molar-refractivity contribution in [2.24, 2.45) is 0 Å². The van der Waals surface area contributed by atoms with Crippen LogP contribution in [-0.2, 0) is 4.74 Å². The predicted molar refractivity (Wildman–Crippen MR) is 73.6 cm³/mol. The zero-order valence-corrected chi connectivity index (χ0v) is 10.5. The summed E-state index contributed by atoms with van der Waals surface area (Å²) >= 11 is 0. The standard InChI is InChI=1S/C16H17NO/c1-17-10-11-18-16-14-8-4-2-6-12(14)13-7-3-5-9-15(13)16/h2-9,16-17H,10-11H2,1H3. The van der Waals surface area contributed by atoms with Crippen LogP contribution in [0.4, 0.5) is 0 Å². The fourth-order valence-corrected chi connectivity index (χ4v) is 2.57. The third kappa shape index (κ3) is 1.84. The SMILES string of the molecule is CNCCOC1c2ccccc2-c2ccccc21. The molecule has 1 aliphatic rings. The molecule has 18 heavy (non-hydrogen) atoms. The summed E-state index contributed by atoms with van der Waals surface area (Å²) in [6.07, 6.45) is 0.0887. The van der Waals surface area contributed by atoms with Gasteiger partial charge < -0.3 is 10.1 Å². The predicted octanol–water partition coefficient (Wildman–Crippen LogP) is 2.99. The van der Waals surface area contributed by atoms with E-state index in [1.807, 2.05) is 7.05 Å². The van der Waals surface area contributed by atoms with E-state index in [-0.39, 0.29) is 6.10 Å². The van der Waals surface area contributed by atoms with Gasteiger partial charge in [-0.25, -0.2) is 0 Å². The molecule has 3 rings (SSSR count). The lowest BCUT2D eigenvalue weighted by molar-refractivity contribution is 0.0860. The van der Waals surface area contributed by atoms with E-state index in [2.05, 4.69) is 53.8 Å². The van der Waals surface area contributed by atoms with Crippen molar-refractivity contribution >= 4 is 0 Å². The molecule has 2 aromatic carbocycles. The van der Waals surface area contributed by atoms with Gasteiger partial charge in [0.05, 0.1) is 6.61 Å². The number of rotatable bonds is 4. The zero-order chi connectivity index (χ0) is 12.4. The molecule has 0 aromatic heterocycles. The quantitative estimate of drug-likeness (QED) is 0.828. The molecule has 2 nitrogen and oxygen atoms in total. The van der Waals surface area contributed by atoms with Crippen LogP contribution in [0.3, 0.4) is 0 Å². The van der Waals surface area contributed by atoms with Crippen molar-refractivity contribution in [1.82, 2.24) is 5.32 Å². The molecule has 0 saturated heterocycles. The van der Waals surface area contributed by atoms with Crippen molar-refractivity contribution in [2.75, 3.05) is 20.2 Å². The maximum absolute atomic E-state index is 6.03. The number of nitrogens with one attached hydrogen (secondary N) is 1. The van der Waals surface area contributed by atoms with Gasteiger partial charge in [-0.15, -0.1) is 0 Å². The summed E-state index contributed by atoms with van der Waals surface area (Å²) in [6, 6.07) is 17.0. The lowest BCUT2D eigenvalue weighted by Crippen LogP contribution is -2.16. The summed E-state index contributed by atoms with van der Waals surface area (Å²) in [5, 5.41) is 3.11. The van der Waals surface area contributed by atoms with Crippen molar-refractivity contribution in [3.8, 4) is 11.1 Å². The molecule has 0 atom stereocenters. The van der Waals surface area contributed by atoms with Crippen molar-refractivity contribution in [2.45, 2.75) is 6.10 Å². The average Bonchev–Trinajstić information content (AvgIpc) is 2.74. The highest BCUT2D eigenvalue weighted by Crippen LogP contribution is 2.44. The second-order valence-electron chi connectivity index (χ2n) is 4.53. The summed E-state index contributed by atoms with van der Waals surface area (Å²) < 4.78 is 6.03. The Balaban J connectivity index is 1.98. The van der Waals surface area contributed by atoms with E-state index in [0.717, 1.165) is 13.2 Å². The molecule has 0 bridgehead atoms. The monoisotopic (exact) mass is 239 g/mol. The highest BCUT2D eigenvalue weighted by molar-refractivity contribution is 5.77. The number of hydrogen-bond acceptors (Lipinski definition) is 2. The van der Waals surface area contributed by atoms with Gasteiger partial charge in [-0.1, -0.05) is 48.5 Å². The van der Waals surface area contributed by atoms with Gasteiger partial charge in [0.1, 0.15) is 6.10 Å². The van der Waals surface area contributed by atoms with Crippen LogP contribution in [-0.4, -0.2) is 20.2 Å². The smallest absolute Gasteiger partial charge is 0.109 e. The molecule has 0 spiro atoms. The van der Waals surface area contributed by atoms with Crippen LogP contribution in [0.15, 0.2) is 48.5 Å². The van der Waals surface area contributed by atoms with E-state index in [4.69, 9.17) is 4.74 Å². The Morgan fingerprint density at radius 3 is 2.06 bits per heavy atom. The molecular weight excluding hydrogens is 222 g/mol. The van der Waals surface area contributed by atoms with Gasteiger partial charge in [0.2, 0.25) is 0 Å². The Hall–Kier alpha value is -1.64. The molecule has 0 fully saturated rings. The first-order valence-corrected chi connectivity index (χ1v) is 6.36. The molecule has 2 heteroatoms. The van der Waals surface area contributed by atoms with E-state index < -0.39 is 0 Å². The van der Waals surface area contributed by atoms with Crippen LogP contribution in [0.5, 0.6) is 0 Å². The minimum atomic E-state index is 0.0887. The van der Waals surface area contributed by atoms with Crippen LogP contribution < -0.4 is 5.32 Å². The normalized spacial score (nSPS) is 13.4. The Labute approximate surface area is 108 Å². The highest BCUT2D eigenvalue weighted by atomic mass is 16.5. The second kappa shape index (κ2) is 4.92. The molecule has 0 saturated carbocycles. The van der Waals surface area contributed by atoms with Gasteiger partial charge in [-0.3, -0.25) is 0 Å². The second-order valence-corrected chi connectivity index (χ2v) is 4.53. The van der Waals surface area contributed by atoms with E-state index in [9.17, 15) is 0 Å². The fourth-order valence-electron chi connectivity index (χ4n) is 2.57. The van der Waals surface area contributed by atoms with Gasteiger partial charge in [0, 0.05) is 6.54 Å². The summed E-state index contributed by atoms with van der Waals surface area (Å²) in [4.78, 5) is 0. The van der Waals surface area contributed by atoms with Crippen molar-refractivity contribution in [3.63, 3.8) is 0 Å². The van der Waals surface area contributed by atoms with Crippen LogP contribution >= 0.6 is 0 Å². The molecule has 0 radical (unpaired) electrons. The maximum Gasteiger partial charge on any atom is 0.109 e. The molecule has 0 amide bonds. The van der Waals surface area contributed by atoms with Crippen molar-refractivity contribution in [1.29, 1.82) is 0 Å². The van der Waals surface area contributed by atoms with Gasteiger partial charge in [0.15, 0.2) is 0 Å². The topological polar surface area (TPSA) is 21.3 Å². The van der Waals surface area contributed by atoms with Gasteiger partial charge >= 0.3 is 0 Å². The number of ether oxygens (including phenoxy) is 1. The number of likely N-dealkylation sites (N-methyl/N-ethyl adjacent to an activating group) is 1. The summed E-state index contributed by atoms with van der Waals surface area (Å²) in [5.74, 6) is 0. The Morgan fingerprint density at radius 1 is 0.944 bits per heavy atom. The first-order chi connectivity index (χ1) is 8.92. The lowest BCUT2D eigenvalue weighted by atomic mass is 10.1. The molecular formula is C16H17NO. The first kappa shape index (κ1) is 11.5. The van der Waals surface area contributed by atoms with E-state index >= 15 is 0 Å². The van der Waals surface area contributed by atoms with Gasteiger partial charge in [0.25, 0.3) is 0 Å². The lowest BCUT2D eigenvalue weighted by Gasteiger charge is -2.14. The van der Waals surface area contributed by atoms with Crippen LogP contribution in [0, 0.1) is 0 Å². The summed E-state index contributed by atoms with van der Waals surface area (Å²) in [7, 11) is 1.94. The third-order valence-electron chi connectivity index (χ3n) is 3.41. The summed E-state index contributed by atoms with van der Waals surface area (Å²) in [6.45, 7) is 1.60. The molecule has 92 valence electrons. The molecule has 0 heterocycles. The largest absolute Gasteiger partial charge is 0.367 e. The van der Waals surface area contributed by atoms with Crippen LogP contribution in [0.2, 0.25) is 0 Å². The molecule has 1 N–H and O–H groups in total. The summed E-state index contributed by atoms with van der Waals surface area (Å²) in [5.41, 5.74) is 5.19. The molecule has 0 unspecified atom stereocenters. The fraction of sp³-hybridized carbons (Fsp3) is 0.250. The number of hydrogen-bond donors (Lipinski definition) is 1. The van der Waals surface area contributed by atoms with Crippen molar-refractivity contribution < 1.29 is 4.74 Å². The van der Waals surface area contributed by atoms with Crippen molar-refractivity contribution in [3.05, 3.63) is 59.7 Å². The Morgan fingerprint density at radius 2 is 1.50 bits per heavy atom. The third-order valence-corrected chi connectivity index (χ3v) is 3.41. The van der Waals surface area contributed by atoms with Crippen LogP contribution in [0.25, 0.3) is 11.1 Å². The minimum absolute atomic E-state index is 0.0887. The van der Waals surface area contributed by atoms with Gasteiger partial charge in [-0.05, 0) is 29.3 Å². The molecule has 2 aromatic rings. The molecule has 1 aliphatic carbocycles.